The first-order chi connectivity index (χ1) is 15.2. The maximum absolute atomic E-state index is 13.0. The number of methoxy groups -OCH3 is 1. The van der Waals surface area contributed by atoms with Crippen LogP contribution in [0.15, 0.2) is 48.3 Å². The predicted octanol–water partition coefficient (Wildman–Crippen LogP) is 3.85. The SMILES string of the molecule is CCOc1ccc(/C(O)=C2/C(=O)C(=O)N(CCOC)C2c2ccncc2)cc1C(C)(C)C. The first-order valence-electron chi connectivity index (χ1n) is 10.7. The number of nitrogens with zero attached hydrogens (tertiary/aromatic N) is 2. The Morgan fingerprint density at radius 1 is 1.16 bits per heavy atom. The van der Waals surface area contributed by atoms with Crippen molar-refractivity contribution in [2.24, 2.45) is 0 Å². The number of likely N-dealkylation sites (tertiary alicyclic amines) is 1. The smallest absolute Gasteiger partial charge is 0.295 e. The highest BCUT2D eigenvalue weighted by Gasteiger charge is 2.46. The average Bonchev–Trinajstić information content (AvgIpc) is 3.02. The van der Waals surface area contributed by atoms with Gasteiger partial charge in [0.2, 0.25) is 0 Å². The topological polar surface area (TPSA) is 89.0 Å². The van der Waals surface area contributed by atoms with Gasteiger partial charge in [-0.05, 0) is 48.2 Å². The number of aliphatic hydroxyl groups excluding tert-OH is 1. The molecule has 0 spiro atoms. The van der Waals surface area contributed by atoms with E-state index < -0.39 is 17.7 Å². The monoisotopic (exact) mass is 438 g/mol. The van der Waals surface area contributed by atoms with Gasteiger partial charge in [-0.2, -0.15) is 0 Å². The summed E-state index contributed by atoms with van der Waals surface area (Å²) in [7, 11) is 1.53. The lowest BCUT2D eigenvalue weighted by atomic mass is 9.84. The highest BCUT2D eigenvalue weighted by atomic mass is 16.5. The number of ether oxygens (including phenoxy) is 2. The molecule has 2 aromatic rings. The van der Waals surface area contributed by atoms with Crippen molar-refractivity contribution in [3.63, 3.8) is 0 Å². The zero-order valence-corrected chi connectivity index (χ0v) is 19.2. The van der Waals surface area contributed by atoms with E-state index in [1.807, 2.05) is 13.0 Å². The van der Waals surface area contributed by atoms with E-state index in [0.717, 1.165) is 11.3 Å². The highest BCUT2D eigenvalue weighted by molar-refractivity contribution is 6.46. The number of ketones is 1. The molecule has 7 heteroatoms. The van der Waals surface area contributed by atoms with E-state index in [2.05, 4.69) is 25.8 Å². The van der Waals surface area contributed by atoms with E-state index in [-0.39, 0.29) is 29.9 Å². The number of carbonyl (C=O) groups excluding carboxylic acids is 2. The molecule has 1 atom stereocenters. The minimum Gasteiger partial charge on any atom is -0.507 e. The summed E-state index contributed by atoms with van der Waals surface area (Å²) in [6, 6.07) is 8.08. The first kappa shape index (κ1) is 23.5. The molecule has 1 N–H and O–H groups in total. The average molecular weight is 439 g/mol. The molecule has 1 unspecified atom stereocenters. The van der Waals surface area contributed by atoms with Gasteiger partial charge in [0.15, 0.2) is 0 Å². The fourth-order valence-corrected chi connectivity index (χ4v) is 3.89. The first-order valence-corrected chi connectivity index (χ1v) is 10.7. The number of amides is 1. The van der Waals surface area contributed by atoms with Crippen LogP contribution in [0.25, 0.3) is 5.76 Å². The fraction of sp³-hybridized carbons (Fsp3) is 0.400. The largest absolute Gasteiger partial charge is 0.507 e. The van der Waals surface area contributed by atoms with Crippen LogP contribution in [0.2, 0.25) is 0 Å². The third kappa shape index (κ3) is 4.53. The molecule has 2 heterocycles. The number of hydrogen-bond acceptors (Lipinski definition) is 6. The van der Waals surface area contributed by atoms with Crippen LogP contribution in [0.1, 0.15) is 50.4 Å². The minimum atomic E-state index is -0.724. The highest BCUT2D eigenvalue weighted by Crippen LogP contribution is 2.40. The summed E-state index contributed by atoms with van der Waals surface area (Å²) in [5, 5.41) is 11.3. The summed E-state index contributed by atoms with van der Waals surface area (Å²) in [6.45, 7) is 9.07. The summed E-state index contributed by atoms with van der Waals surface area (Å²) < 4.78 is 10.9. The van der Waals surface area contributed by atoms with Gasteiger partial charge in [0, 0.05) is 37.2 Å². The number of carbonyl (C=O) groups is 2. The van der Waals surface area contributed by atoms with Crippen molar-refractivity contribution in [2.75, 3.05) is 26.9 Å². The molecule has 7 nitrogen and oxygen atoms in total. The van der Waals surface area contributed by atoms with Gasteiger partial charge in [-0.3, -0.25) is 14.6 Å². The normalized spacial score (nSPS) is 18.3. The van der Waals surface area contributed by atoms with Gasteiger partial charge >= 0.3 is 0 Å². The second kappa shape index (κ2) is 9.53. The van der Waals surface area contributed by atoms with Crippen LogP contribution in [-0.2, 0) is 19.7 Å². The van der Waals surface area contributed by atoms with E-state index in [4.69, 9.17) is 9.47 Å². The van der Waals surface area contributed by atoms with Gasteiger partial charge in [0.25, 0.3) is 11.7 Å². The van der Waals surface area contributed by atoms with Gasteiger partial charge < -0.3 is 19.5 Å². The van der Waals surface area contributed by atoms with Crippen LogP contribution in [0.5, 0.6) is 5.75 Å². The van der Waals surface area contributed by atoms with E-state index in [0.29, 0.717) is 17.7 Å². The molecule has 1 aliphatic rings. The van der Waals surface area contributed by atoms with Crippen LogP contribution in [-0.4, -0.2) is 53.5 Å². The van der Waals surface area contributed by atoms with Gasteiger partial charge in [0.05, 0.1) is 24.8 Å². The van der Waals surface area contributed by atoms with Crippen LogP contribution >= 0.6 is 0 Å². The van der Waals surface area contributed by atoms with Crippen LogP contribution in [0.3, 0.4) is 0 Å². The van der Waals surface area contributed by atoms with Crippen LogP contribution in [0.4, 0.5) is 0 Å². The number of hydrogen-bond donors (Lipinski definition) is 1. The number of pyridine rings is 1. The zero-order chi connectivity index (χ0) is 23.5. The molecule has 0 radical (unpaired) electrons. The molecule has 1 aliphatic heterocycles. The molecule has 0 saturated carbocycles. The molecule has 1 aromatic heterocycles. The van der Waals surface area contributed by atoms with Crippen molar-refractivity contribution in [3.8, 4) is 5.75 Å². The molecule has 1 aromatic carbocycles. The molecule has 0 aliphatic carbocycles. The molecule has 1 saturated heterocycles. The van der Waals surface area contributed by atoms with Crippen LogP contribution in [0, 0.1) is 0 Å². The number of Topliss-reactive ketones (excluding diaryl/α,β-unsaturated/α-hetero) is 1. The maximum atomic E-state index is 13.0. The van der Waals surface area contributed by atoms with Crippen LogP contribution < -0.4 is 4.74 Å². The summed E-state index contributed by atoms with van der Waals surface area (Å²) in [5.41, 5.74) is 1.86. The van der Waals surface area contributed by atoms with Gasteiger partial charge in [0.1, 0.15) is 11.5 Å². The number of aliphatic hydroxyl groups is 1. The van der Waals surface area contributed by atoms with Gasteiger partial charge in [-0.25, -0.2) is 0 Å². The van der Waals surface area contributed by atoms with Crippen molar-refractivity contribution in [1.82, 2.24) is 9.88 Å². The molecule has 1 fully saturated rings. The van der Waals surface area contributed by atoms with Crippen molar-refractivity contribution in [2.45, 2.75) is 39.2 Å². The zero-order valence-electron chi connectivity index (χ0n) is 19.2. The number of rotatable bonds is 7. The predicted molar refractivity (Wildman–Crippen MR) is 121 cm³/mol. The number of benzene rings is 1. The molecular weight excluding hydrogens is 408 g/mol. The Balaban J connectivity index is 2.18. The molecule has 32 heavy (non-hydrogen) atoms. The van der Waals surface area contributed by atoms with E-state index in [1.165, 1.54) is 12.0 Å². The molecule has 1 amide bonds. The van der Waals surface area contributed by atoms with Crippen molar-refractivity contribution in [3.05, 3.63) is 65.0 Å². The second-order valence-corrected chi connectivity index (χ2v) is 8.66. The summed E-state index contributed by atoms with van der Waals surface area (Å²) >= 11 is 0. The summed E-state index contributed by atoms with van der Waals surface area (Å²) in [5.74, 6) is -0.861. The molecule has 170 valence electrons. The fourth-order valence-electron chi connectivity index (χ4n) is 3.89. The lowest BCUT2D eigenvalue weighted by molar-refractivity contribution is -0.140. The lowest BCUT2D eigenvalue weighted by Gasteiger charge is -2.25. The molecule has 3 rings (SSSR count). The second-order valence-electron chi connectivity index (χ2n) is 8.66. The van der Waals surface area contributed by atoms with E-state index in [9.17, 15) is 14.7 Å². The Morgan fingerprint density at radius 2 is 1.84 bits per heavy atom. The Labute approximate surface area is 188 Å². The van der Waals surface area contributed by atoms with E-state index in [1.54, 1.807) is 36.7 Å². The lowest BCUT2D eigenvalue weighted by Crippen LogP contribution is -2.32. The standard InChI is InChI=1S/C25H30N2O5/c1-6-32-19-8-7-17(15-18(19)25(2,3)4)22(28)20-21(16-9-11-26-12-10-16)27(13-14-31-5)24(30)23(20)29/h7-12,15,21,28H,6,13-14H2,1-5H3/b22-20-. The van der Waals surface area contributed by atoms with Gasteiger partial charge in [-0.15, -0.1) is 0 Å². The Morgan fingerprint density at radius 3 is 2.44 bits per heavy atom. The Bertz CT molecular complexity index is 1020. The Hall–Kier alpha value is -3.19. The summed E-state index contributed by atoms with van der Waals surface area (Å²) in [6.07, 6.45) is 3.20. The quantitative estimate of drug-likeness (QED) is 0.401. The Kier molecular flexibility index (Phi) is 6.99. The van der Waals surface area contributed by atoms with Crippen molar-refractivity contribution in [1.29, 1.82) is 0 Å². The minimum absolute atomic E-state index is 0.0568. The third-order valence-electron chi connectivity index (χ3n) is 5.46. The van der Waals surface area contributed by atoms with Crippen molar-refractivity contribution >= 4 is 17.4 Å². The van der Waals surface area contributed by atoms with Gasteiger partial charge in [-0.1, -0.05) is 20.8 Å². The number of aromatic nitrogens is 1. The third-order valence-corrected chi connectivity index (χ3v) is 5.46. The van der Waals surface area contributed by atoms with E-state index >= 15 is 0 Å². The molecular formula is C25H30N2O5. The maximum Gasteiger partial charge on any atom is 0.295 e. The van der Waals surface area contributed by atoms with Crippen molar-refractivity contribution < 1.29 is 24.2 Å². The summed E-state index contributed by atoms with van der Waals surface area (Å²) in [4.78, 5) is 31.4. The molecule has 0 bridgehead atoms.